The van der Waals surface area contributed by atoms with Gasteiger partial charge < -0.3 is 0 Å². The van der Waals surface area contributed by atoms with Crippen molar-refractivity contribution >= 4 is 43.5 Å². The van der Waals surface area contributed by atoms with Crippen LogP contribution in [0.2, 0.25) is 0 Å². The number of hydrogen-bond acceptors (Lipinski definition) is 4. The summed E-state index contributed by atoms with van der Waals surface area (Å²) in [6, 6.07) is 5.52. The molecule has 1 saturated carbocycles. The molecule has 0 saturated heterocycles. The summed E-state index contributed by atoms with van der Waals surface area (Å²) < 4.78 is 8.58. The van der Waals surface area contributed by atoms with E-state index in [-0.39, 0.29) is 26.4 Å². The molecule has 1 aromatic carbocycles. The fourth-order valence-electron chi connectivity index (χ4n) is 2.59. The van der Waals surface area contributed by atoms with Crippen molar-refractivity contribution in [1.82, 2.24) is 0 Å². The van der Waals surface area contributed by atoms with Crippen molar-refractivity contribution < 1.29 is 14.7 Å². The van der Waals surface area contributed by atoms with Gasteiger partial charge in [0.1, 0.15) is 0 Å². The Bertz CT molecular complexity index is 652. The zero-order chi connectivity index (χ0) is 14.1. The first-order valence-corrected chi connectivity index (χ1v) is 7.93. The van der Waals surface area contributed by atoms with E-state index in [2.05, 4.69) is 13.2 Å². The molecule has 1 aliphatic carbocycles. The summed E-state index contributed by atoms with van der Waals surface area (Å²) >= 11 is -0.134. The molecule has 20 heavy (non-hydrogen) atoms. The number of hydrogen-bond donors (Lipinski definition) is 2. The third kappa shape index (κ3) is 2.46. The van der Waals surface area contributed by atoms with Crippen molar-refractivity contribution in [2.24, 2.45) is 19.8 Å². The van der Waals surface area contributed by atoms with E-state index in [0.29, 0.717) is 24.9 Å². The minimum atomic E-state index is -0.808. The summed E-state index contributed by atoms with van der Waals surface area (Å²) in [5.74, 6) is -1.54. The van der Waals surface area contributed by atoms with Crippen LogP contribution in [0.15, 0.2) is 26.1 Å². The molecule has 0 aromatic heterocycles. The molecule has 1 fully saturated rings. The number of aliphatic carboxylic acids is 1. The number of carbonyl (C=O) groups excluding carboxylic acids is 1. The molecule has 0 spiro atoms. The van der Waals surface area contributed by atoms with Gasteiger partial charge in [-0.15, -0.1) is 0 Å². The van der Waals surface area contributed by atoms with Gasteiger partial charge in [0.15, 0.2) is 0 Å². The van der Waals surface area contributed by atoms with Gasteiger partial charge in [0, 0.05) is 0 Å². The van der Waals surface area contributed by atoms with Crippen LogP contribution in [0.5, 0.6) is 0 Å². The molecular formula is C13H13N3O3Se. The fraction of sp³-hybridized carbons (Fsp3) is 0.385. The van der Waals surface area contributed by atoms with Gasteiger partial charge in [-0.05, 0) is 0 Å². The van der Waals surface area contributed by atoms with E-state index in [4.69, 9.17) is 5.11 Å². The molecule has 1 heterocycles. The van der Waals surface area contributed by atoms with Crippen molar-refractivity contribution in [1.29, 1.82) is 0 Å². The van der Waals surface area contributed by atoms with Crippen LogP contribution in [0, 0.1) is 11.8 Å². The number of amides is 1. The van der Waals surface area contributed by atoms with Crippen LogP contribution in [0.25, 0.3) is 0 Å². The molecule has 0 radical (unpaired) electrons. The van der Waals surface area contributed by atoms with Crippen molar-refractivity contribution in [2.45, 2.75) is 19.3 Å². The average molecular weight is 338 g/mol. The number of nitrogens with zero attached hydrogens (tertiary/aromatic N) is 2. The molecule has 104 valence electrons. The first kappa shape index (κ1) is 13.3. The van der Waals surface area contributed by atoms with Crippen molar-refractivity contribution in [3.8, 4) is 0 Å². The topological polar surface area (TPSA) is 91.1 Å². The van der Waals surface area contributed by atoms with Crippen LogP contribution >= 0.6 is 0 Å². The molecule has 2 unspecified atom stereocenters. The summed E-state index contributed by atoms with van der Waals surface area (Å²) in [7, 11) is 0. The zero-order valence-electron chi connectivity index (χ0n) is 10.6. The third-order valence-electron chi connectivity index (χ3n) is 3.70. The standard InChI is InChI=1S/C13H13N3O3Se/c17-12(7-4-5-8(6-7)13(18)19)14-9-2-1-3-10-11(9)16-20-15-10/h1-3,7-8H,4-6H2,(H,14,17)(H,18,19). The Balaban J connectivity index is 1.70. The molecule has 2 N–H and O–H groups in total. The summed E-state index contributed by atoms with van der Waals surface area (Å²) in [6.45, 7) is 0. The minimum absolute atomic E-state index is 0.114. The summed E-state index contributed by atoms with van der Waals surface area (Å²) in [6.07, 6.45) is 1.62. The van der Waals surface area contributed by atoms with Gasteiger partial charge in [-0.2, -0.15) is 0 Å². The van der Waals surface area contributed by atoms with Gasteiger partial charge in [-0.25, -0.2) is 0 Å². The second kappa shape index (κ2) is 5.34. The van der Waals surface area contributed by atoms with E-state index in [1.807, 2.05) is 12.1 Å². The van der Waals surface area contributed by atoms with Gasteiger partial charge in [0.25, 0.3) is 0 Å². The van der Waals surface area contributed by atoms with E-state index < -0.39 is 11.9 Å². The predicted molar refractivity (Wildman–Crippen MR) is 73.5 cm³/mol. The maximum absolute atomic E-state index is 12.2. The number of rotatable bonds is 3. The van der Waals surface area contributed by atoms with E-state index in [0.717, 1.165) is 11.4 Å². The first-order chi connectivity index (χ1) is 9.65. The van der Waals surface area contributed by atoms with E-state index in [1.165, 1.54) is 0 Å². The second-order valence-electron chi connectivity index (χ2n) is 4.97. The van der Waals surface area contributed by atoms with Crippen LogP contribution in [0.1, 0.15) is 19.3 Å². The average Bonchev–Trinajstić information content (AvgIpc) is 3.08. The van der Waals surface area contributed by atoms with Crippen molar-refractivity contribution in [2.75, 3.05) is 5.32 Å². The molecule has 1 amide bonds. The molecule has 2 atom stereocenters. The number of anilines is 1. The third-order valence-corrected chi connectivity index (χ3v) is 4.83. The predicted octanol–water partition coefficient (Wildman–Crippen LogP) is 2.47. The first-order valence-electron chi connectivity index (χ1n) is 6.40. The zero-order valence-corrected chi connectivity index (χ0v) is 12.3. The Morgan fingerprint density at radius 3 is 2.80 bits per heavy atom. The Labute approximate surface area is 121 Å². The molecule has 7 heteroatoms. The number of benzene rings is 1. The number of fused-ring (bicyclic) bond motifs is 1. The summed E-state index contributed by atoms with van der Waals surface area (Å²) in [4.78, 5) is 23.1. The molecule has 3 rings (SSSR count). The van der Waals surface area contributed by atoms with Crippen LogP contribution in [0.4, 0.5) is 17.1 Å². The number of nitrogens with one attached hydrogen (secondary N) is 1. The molecule has 2 aliphatic rings. The summed E-state index contributed by atoms with van der Waals surface area (Å²) in [5, 5.41) is 11.8. The number of carbonyl (C=O) groups is 2. The molecule has 0 bridgehead atoms. The molecule has 6 nitrogen and oxygen atoms in total. The Morgan fingerprint density at radius 1 is 1.25 bits per heavy atom. The number of carboxylic acids is 1. The fourth-order valence-corrected chi connectivity index (χ4v) is 3.74. The summed E-state index contributed by atoms with van der Waals surface area (Å²) in [5.41, 5.74) is 2.24. The van der Waals surface area contributed by atoms with Crippen LogP contribution in [-0.4, -0.2) is 31.6 Å². The Kier molecular flexibility index (Phi) is 3.54. The van der Waals surface area contributed by atoms with E-state index >= 15 is 0 Å². The van der Waals surface area contributed by atoms with Crippen molar-refractivity contribution in [3.05, 3.63) is 18.2 Å². The van der Waals surface area contributed by atoms with Gasteiger partial charge in [0.05, 0.1) is 0 Å². The van der Waals surface area contributed by atoms with Gasteiger partial charge in [-0.1, -0.05) is 0 Å². The van der Waals surface area contributed by atoms with E-state index in [1.54, 1.807) is 6.07 Å². The van der Waals surface area contributed by atoms with Crippen LogP contribution in [-0.2, 0) is 9.59 Å². The van der Waals surface area contributed by atoms with Gasteiger partial charge >= 0.3 is 121 Å². The number of carboxylic acid groups (broad SMARTS) is 1. The van der Waals surface area contributed by atoms with Crippen LogP contribution < -0.4 is 5.32 Å². The monoisotopic (exact) mass is 339 g/mol. The quantitative estimate of drug-likeness (QED) is 0.842. The maximum atomic E-state index is 12.2. The molecule has 1 aliphatic heterocycles. The Morgan fingerprint density at radius 2 is 2.05 bits per heavy atom. The molecule has 1 aromatic rings. The SMILES string of the molecule is O=C(O)C1CCC(C(=O)Nc2cccc3c2N=[Se]=N3)C1. The van der Waals surface area contributed by atoms with Gasteiger partial charge in [0.2, 0.25) is 0 Å². The Hall–Kier alpha value is -1.72. The second-order valence-corrected chi connectivity index (χ2v) is 6.08. The van der Waals surface area contributed by atoms with Crippen LogP contribution in [0.3, 0.4) is 0 Å². The normalized spacial score (nSPS) is 23.2. The molecular weight excluding hydrogens is 325 g/mol. The van der Waals surface area contributed by atoms with Gasteiger partial charge in [-0.3, -0.25) is 0 Å². The van der Waals surface area contributed by atoms with E-state index in [9.17, 15) is 9.59 Å². The van der Waals surface area contributed by atoms with Crippen molar-refractivity contribution in [3.63, 3.8) is 0 Å².